The van der Waals surface area contributed by atoms with Gasteiger partial charge in [0.25, 0.3) is 0 Å². The number of nitrogens with zero attached hydrogens (tertiary/aromatic N) is 1. The Morgan fingerprint density at radius 3 is 2.67 bits per heavy atom. The predicted molar refractivity (Wildman–Crippen MR) is 78.0 cm³/mol. The van der Waals surface area contributed by atoms with Gasteiger partial charge in [-0.05, 0) is 38.3 Å². The molecule has 2 unspecified atom stereocenters. The van der Waals surface area contributed by atoms with Crippen LogP contribution < -0.4 is 5.32 Å². The molecular formula is C15H32N2O. The van der Waals surface area contributed by atoms with Crippen molar-refractivity contribution in [2.24, 2.45) is 5.41 Å². The van der Waals surface area contributed by atoms with Crippen molar-refractivity contribution < 1.29 is 4.74 Å². The molecule has 0 bridgehead atoms. The summed E-state index contributed by atoms with van der Waals surface area (Å²) in [6.07, 6.45) is 4.04. The van der Waals surface area contributed by atoms with Crippen LogP contribution in [0.3, 0.4) is 0 Å². The first-order chi connectivity index (χ1) is 8.46. The van der Waals surface area contributed by atoms with Gasteiger partial charge in [0.1, 0.15) is 0 Å². The van der Waals surface area contributed by atoms with Crippen molar-refractivity contribution in [1.29, 1.82) is 0 Å². The zero-order valence-corrected chi connectivity index (χ0v) is 13.0. The second kappa shape index (κ2) is 7.46. The highest BCUT2D eigenvalue weighted by Crippen LogP contribution is 2.23. The topological polar surface area (TPSA) is 24.5 Å². The maximum absolute atomic E-state index is 5.97. The predicted octanol–water partition coefficient (Wildman–Crippen LogP) is 2.51. The molecule has 1 saturated heterocycles. The van der Waals surface area contributed by atoms with E-state index in [1.807, 2.05) is 0 Å². The van der Waals surface area contributed by atoms with E-state index < -0.39 is 0 Å². The smallest absolute Gasteiger partial charge is 0.0855 e. The Hall–Kier alpha value is -0.120. The molecule has 1 rings (SSSR count). The molecule has 3 nitrogen and oxygen atoms in total. The first-order valence-electron chi connectivity index (χ1n) is 7.47. The first kappa shape index (κ1) is 15.9. The highest BCUT2D eigenvalue weighted by molar-refractivity contribution is 4.83. The molecule has 0 aromatic carbocycles. The Morgan fingerprint density at radius 1 is 1.39 bits per heavy atom. The van der Waals surface area contributed by atoms with Crippen molar-refractivity contribution in [3.05, 3.63) is 0 Å². The summed E-state index contributed by atoms with van der Waals surface area (Å²) in [5, 5.41) is 3.46. The van der Waals surface area contributed by atoms with Crippen LogP contribution in [-0.4, -0.2) is 50.3 Å². The standard InChI is InChI=1S/C15H32N2O/c1-6-9-17-10-11-18-14(12-17)13(16-5)7-8-15(2,3)4/h13-14,16H,6-12H2,1-5H3. The summed E-state index contributed by atoms with van der Waals surface area (Å²) >= 11 is 0. The Bertz CT molecular complexity index is 223. The zero-order valence-electron chi connectivity index (χ0n) is 13.0. The molecule has 108 valence electrons. The van der Waals surface area contributed by atoms with Crippen LogP contribution in [-0.2, 0) is 4.74 Å². The number of rotatable bonds is 6. The van der Waals surface area contributed by atoms with E-state index >= 15 is 0 Å². The molecule has 2 atom stereocenters. The normalized spacial score (nSPS) is 24.2. The molecule has 0 saturated carbocycles. The quantitative estimate of drug-likeness (QED) is 0.790. The fourth-order valence-corrected chi connectivity index (χ4v) is 2.60. The van der Waals surface area contributed by atoms with Crippen LogP contribution in [0.2, 0.25) is 0 Å². The molecule has 1 aliphatic heterocycles. The van der Waals surface area contributed by atoms with Crippen LogP contribution in [0.15, 0.2) is 0 Å². The van der Waals surface area contributed by atoms with Crippen molar-refractivity contribution >= 4 is 0 Å². The van der Waals surface area contributed by atoms with Gasteiger partial charge in [-0.1, -0.05) is 27.7 Å². The molecule has 1 heterocycles. The number of likely N-dealkylation sites (N-methyl/N-ethyl adjacent to an activating group) is 1. The fourth-order valence-electron chi connectivity index (χ4n) is 2.60. The molecule has 0 aromatic heterocycles. The van der Waals surface area contributed by atoms with Gasteiger partial charge < -0.3 is 10.1 Å². The van der Waals surface area contributed by atoms with Gasteiger partial charge in [-0.2, -0.15) is 0 Å². The molecule has 1 fully saturated rings. The lowest BCUT2D eigenvalue weighted by Gasteiger charge is -2.37. The Kier molecular flexibility index (Phi) is 6.61. The van der Waals surface area contributed by atoms with Gasteiger partial charge in [0, 0.05) is 19.1 Å². The molecule has 0 radical (unpaired) electrons. The molecule has 1 N–H and O–H groups in total. The molecule has 0 aliphatic carbocycles. The summed E-state index contributed by atoms with van der Waals surface area (Å²) in [7, 11) is 2.06. The summed E-state index contributed by atoms with van der Waals surface area (Å²) in [6, 6.07) is 0.490. The summed E-state index contributed by atoms with van der Waals surface area (Å²) in [4.78, 5) is 2.54. The van der Waals surface area contributed by atoms with Gasteiger partial charge in [-0.25, -0.2) is 0 Å². The van der Waals surface area contributed by atoms with Crippen molar-refractivity contribution in [1.82, 2.24) is 10.2 Å². The van der Waals surface area contributed by atoms with E-state index in [0.717, 1.165) is 19.7 Å². The lowest BCUT2D eigenvalue weighted by Crippen LogP contribution is -2.51. The van der Waals surface area contributed by atoms with E-state index in [1.54, 1.807) is 0 Å². The summed E-state index contributed by atoms with van der Waals surface area (Å²) in [5.74, 6) is 0. The first-order valence-corrected chi connectivity index (χ1v) is 7.47. The molecule has 18 heavy (non-hydrogen) atoms. The molecule has 0 spiro atoms. The lowest BCUT2D eigenvalue weighted by molar-refractivity contribution is -0.0477. The zero-order chi connectivity index (χ0) is 13.6. The van der Waals surface area contributed by atoms with E-state index in [1.165, 1.54) is 25.8 Å². The van der Waals surface area contributed by atoms with Crippen LogP contribution >= 0.6 is 0 Å². The Labute approximate surface area is 113 Å². The largest absolute Gasteiger partial charge is 0.374 e. The summed E-state index contributed by atoms with van der Waals surface area (Å²) in [5.41, 5.74) is 0.410. The molecule has 1 aliphatic rings. The molecular weight excluding hydrogens is 224 g/mol. The maximum Gasteiger partial charge on any atom is 0.0855 e. The monoisotopic (exact) mass is 256 g/mol. The van der Waals surface area contributed by atoms with Gasteiger partial charge >= 0.3 is 0 Å². The minimum absolute atomic E-state index is 0.359. The van der Waals surface area contributed by atoms with Gasteiger partial charge in [0.15, 0.2) is 0 Å². The van der Waals surface area contributed by atoms with E-state index in [4.69, 9.17) is 4.74 Å². The number of hydrogen-bond donors (Lipinski definition) is 1. The number of hydrogen-bond acceptors (Lipinski definition) is 3. The Balaban J connectivity index is 2.43. The summed E-state index contributed by atoms with van der Waals surface area (Å²) < 4.78 is 5.97. The van der Waals surface area contributed by atoms with Crippen molar-refractivity contribution in [3.63, 3.8) is 0 Å². The highest BCUT2D eigenvalue weighted by Gasteiger charge is 2.27. The van der Waals surface area contributed by atoms with Crippen LogP contribution in [0.4, 0.5) is 0 Å². The minimum Gasteiger partial charge on any atom is -0.374 e. The molecule has 0 amide bonds. The Morgan fingerprint density at radius 2 is 2.11 bits per heavy atom. The summed E-state index contributed by atoms with van der Waals surface area (Å²) in [6.45, 7) is 13.5. The van der Waals surface area contributed by atoms with Crippen LogP contribution in [0, 0.1) is 5.41 Å². The minimum atomic E-state index is 0.359. The second-order valence-electron chi connectivity index (χ2n) is 6.70. The van der Waals surface area contributed by atoms with Crippen LogP contribution in [0.1, 0.15) is 47.0 Å². The highest BCUT2D eigenvalue weighted by atomic mass is 16.5. The number of nitrogens with one attached hydrogen (secondary N) is 1. The van der Waals surface area contributed by atoms with Crippen molar-refractivity contribution in [2.75, 3.05) is 33.3 Å². The SMILES string of the molecule is CCCN1CCOC(C(CCC(C)(C)C)NC)C1. The van der Waals surface area contributed by atoms with Gasteiger partial charge in [0.05, 0.1) is 12.7 Å². The third kappa shape index (κ3) is 5.68. The average molecular weight is 256 g/mol. The average Bonchev–Trinajstić information content (AvgIpc) is 2.29. The van der Waals surface area contributed by atoms with E-state index in [9.17, 15) is 0 Å². The van der Waals surface area contributed by atoms with Gasteiger partial charge in [-0.3, -0.25) is 4.90 Å². The third-order valence-electron chi connectivity index (χ3n) is 3.74. The third-order valence-corrected chi connectivity index (χ3v) is 3.74. The van der Waals surface area contributed by atoms with E-state index in [0.29, 0.717) is 17.6 Å². The van der Waals surface area contributed by atoms with E-state index in [-0.39, 0.29) is 0 Å². The van der Waals surface area contributed by atoms with Crippen LogP contribution in [0.25, 0.3) is 0 Å². The van der Waals surface area contributed by atoms with Gasteiger partial charge in [-0.15, -0.1) is 0 Å². The van der Waals surface area contributed by atoms with Crippen molar-refractivity contribution in [2.45, 2.75) is 59.1 Å². The van der Waals surface area contributed by atoms with E-state index in [2.05, 4.69) is 45.0 Å². The fraction of sp³-hybridized carbons (Fsp3) is 1.00. The second-order valence-corrected chi connectivity index (χ2v) is 6.70. The molecule has 0 aromatic rings. The van der Waals surface area contributed by atoms with Gasteiger partial charge in [0.2, 0.25) is 0 Å². The maximum atomic E-state index is 5.97. The lowest BCUT2D eigenvalue weighted by atomic mass is 9.87. The number of morpholine rings is 1. The van der Waals surface area contributed by atoms with Crippen molar-refractivity contribution in [3.8, 4) is 0 Å². The molecule has 3 heteroatoms. The van der Waals surface area contributed by atoms with Crippen LogP contribution in [0.5, 0.6) is 0 Å². The number of ether oxygens (including phenoxy) is 1.